The van der Waals surface area contributed by atoms with E-state index in [-0.39, 0.29) is 12.8 Å². The van der Waals surface area contributed by atoms with Crippen LogP contribution in [-0.4, -0.2) is 5.78 Å². The molecular formula is C12H9F3O. The SMILES string of the molecule is CC#CCCC(=O)c1ccc(F)c(F)c1F. The molecule has 1 nitrogen and oxygen atoms in total. The van der Waals surface area contributed by atoms with E-state index in [2.05, 4.69) is 11.8 Å². The average molecular weight is 226 g/mol. The molecule has 0 amide bonds. The van der Waals surface area contributed by atoms with Gasteiger partial charge in [0.25, 0.3) is 0 Å². The predicted molar refractivity (Wildman–Crippen MR) is 53.3 cm³/mol. The number of benzene rings is 1. The number of ketones is 1. The molecule has 0 atom stereocenters. The summed E-state index contributed by atoms with van der Waals surface area (Å²) in [5, 5.41) is 0. The number of rotatable bonds is 3. The smallest absolute Gasteiger partial charge is 0.195 e. The Morgan fingerprint density at radius 1 is 1.25 bits per heavy atom. The van der Waals surface area contributed by atoms with Crippen LogP contribution in [0, 0.1) is 29.3 Å². The lowest BCUT2D eigenvalue weighted by atomic mass is 10.1. The van der Waals surface area contributed by atoms with Gasteiger partial charge < -0.3 is 0 Å². The molecule has 0 N–H and O–H groups in total. The summed E-state index contributed by atoms with van der Waals surface area (Å²) in [6.45, 7) is 1.61. The largest absolute Gasteiger partial charge is 0.294 e. The van der Waals surface area contributed by atoms with Gasteiger partial charge in [-0.25, -0.2) is 13.2 Å². The van der Waals surface area contributed by atoms with Crippen molar-refractivity contribution in [1.82, 2.24) is 0 Å². The van der Waals surface area contributed by atoms with Crippen LogP contribution >= 0.6 is 0 Å². The van der Waals surface area contributed by atoms with E-state index in [0.717, 1.165) is 12.1 Å². The Bertz CT molecular complexity index is 469. The summed E-state index contributed by atoms with van der Waals surface area (Å²) in [7, 11) is 0. The highest BCUT2D eigenvalue weighted by atomic mass is 19.2. The van der Waals surface area contributed by atoms with E-state index in [1.54, 1.807) is 6.92 Å². The molecule has 0 unspecified atom stereocenters. The summed E-state index contributed by atoms with van der Waals surface area (Å²) in [6, 6.07) is 1.67. The first kappa shape index (κ1) is 12.3. The van der Waals surface area contributed by atoms with E-state index in [0.29, 0.717) is 0 Å². The molecule has 0 aliphatic rings. The molecule has 0 aromatic heterocycles. The normalized spacial score (nSPS) is 9.50. The van der Waals surface area contributed by atoms with Gasteiger partial charge in [-0.3, -0.25) is 4.79 Å². The first-order chi connectivity index (χ1) is 7.57. The van der Waals surface area contributed by atoms with Crippen molar-refractivity contribution in [2.24, 2.45) is 0 Å². The molecule has 4 heteroatoms. The zero-order chi connectivity index (χ0) is 12.1. The van der Waals surface area contributed by atoms with Gasteiger partial charge in [-0.05, 0) is 19.1 Å². The third-order valence-corrected chi connectivity index (χ3v) is 1.99. The van der Waals surface area contributed by atoms with Crippen LogP contribution in [0.15, 0.2) is 12.1 Å². The number of carbonyl (C=O) groups is 1. The van der Waals surface area contributed by atoms with Gasteiger partial charge in [-0.1, -0.05) is 0 Å². The number of hydrogen-bond donors (Lipinski definition) is 0. The molecule has 0 aliphatic carbocycles. The minimum Gasteiger partial charge on any atom is -0.294 e. The Hall–Kier alpha value is -1.76. The molecule has 16 heavy (non-hydrogen) atoms. The summed E-state index contributed by atoms with van der Waals surface area (Å²) in [6.07, 6.45) is 0.261. The Balaban J connectivity index is 2.91. The highest BCUT2D eigenvalue weighted by Crippen LogP contribution is 2.16. The summed E-state index contributed by atoms with van der Waals surface area (Å²) >= 11 is 0. The zero-order valence-electron chi connectivity index (χ0n) is 8.61. The number of carbonyl (C=O) groups excluding carboxylic acids is 1. The highest BCUT2D eigenvalue weighted by molar-refractivity contribution is 5.96. The maximum Gasteiger partial charge on any atom is 0.195 e. The molecule has 0 heterocycles. The van der Waals surface area contributed by atoms with Crippen molar-refractivity contribution in [2.75, 3.05) is 0 Å². The van der Waals surface area contributed by atoms with Crippen molar-refractivity contribution in [3.8, 4) is 11.8 Å². The van der Waals surface area contributed by atoms with Gasteiger partial charge in [0.15, 0.2) is 23.2 Å². The second kappa shape index (κ2) is 5.36. The van der Waals surface area contributed by atoms with E-state index < -0.39 is 28.8 Å². The maximum atomic E-state index is 13.2. The lowest BCUT2D eigenvalue weighted by Gasteiger charge is -2.02. The van der Waals surface area contributed by atoms with Crippen LogP contribution < -0.4 is 0 Å². The molecule has 0 spiro atoms. The van der Waals surface area contributed by atoms with Gasteiger partial charge in [-0.15, -0.1) is 11.8 Å². The fourth-order valence-electron chi connectivity index (χ4n) is 1.18. The van der Waals surface area contributed by atoms with E-state index in [9.17, 15) is 18.0 Å². The number of hydrogen-bond acceptors (Lipinski definition) is 1. The van der Waals surface area contributed by atoms with Gasteiger partial charge in [-0.2, -0.15) is 0 Å². The minimum atomic E-state index is -1.62. The van der Waals surface area contributed by atoms with Crippen LogP contribution in [0.2, 0.25) is 0 Å². The standard InChI is InChI=1S/C12H9F3O/c1-2-3-4-5-10(16)8-6-7-9(13)12(15)11(8)14/h6-7H,4-5H2,1H3. The Labute approximate surface area is 91.3 Å². The van der Waals surface area contributed by atoms with Gasteiger partial charge in [0.1, 0.15) is 0 Å². The third-order valence-electron chi connectivity index (χ3n) is 1.99. The predicted octanol–water partition coefficient (Wildman–Crippen LogP) is 3.09. The molecule has 0 saturated heterocycles. The van der Waals surface area contributed by atoms with Crippen LogP contribution in [0.3, 0.4) is 0 Å². The van der Waals surface area contributed by atoms with E-state index in [1.165, 1.54) is 0 Å². The Kier molecular flexibility index (Phi) is 4.12. The summed E-state index contributed by atoms with van der Waals surface area (Å²) in [4.78, 5) is 11.4. The average Bonchev–Trinajstić information content (AvgIpc) is 2.26. The van der Waals surface area contributed by atoms with Crippen LogP contribution in [-0.2, 0) is 0 Å². The van der Waals surface area contributed by atoms with Crippen molar-refractivity contribution < 1.29 is 18.0 Å². The molecule has 1 rings (SSSR count). The summed E-state index contributed by atoms with van der Waals surface area (Å²) in [5.74, 6) is 0.272. The van der Waals surface area contributed by atoms with Crippen LogP contribution in [0.4, 0.5) is 13.2 Å². The van der Waals surface area contributed by atoms with Crippen molar-refractivity contribution in [3.05, 3.63) is 35.1 Å². The topological polar surface area (TPSA) is 17.1 Å². The van der Waals surface area contributed by atoms with Crippen molar-refractivity contribution in [2.45, 2.75) is 19.8 Å². The minimum absolute atomic E-state index is 0.0111. The van der Waals surface area contributed by atoms with Crippen LogP contribution in [0.5, 0.6) is 0 Å². The van der Waals surface area contributed by atoms with Gasteiger partial charge in [0.2, 0.25) is 0 Å². The first-order valence-electron chi connectivity index (χ1n) is 4.64. The molecule has 1 aromatic carbocycles. The van der Waals surface area contributed by atoms with Crippen molar-refractivity contribution in [1.29, 1.82) is 0 Å². The monoisotopic (exact) mass is 226 g/mol. The molecule has 0 saturated carbocycles. The number of Topliss-reactive ketones (excluding diaryl/α,β-unsaturated/α-hetero) is 1. The zero-order valence-corrected chi connectivity index (χ0v) is 8.61. The molecule has 0 radical (unpaired) electrons. The fraction of sp³-hybridized carbons (Fsp3) is 0.250. The van der Waals surface area contributed by atoms with Crippen LogP contribution in [0.25, 0.3) is 0 Å². The van der Waals surface area contributed by atoms with Crippen molar-refractivity contribution >= 4 is 5.78 Å². The quantitative estimate of drug-likeness (QED) is 0.439. The second-order valence-corrected chi connectivity index (χ2v) is 3.07. The molecule has 84 valence electrons. The summed E-state index contributed by atoms with van der Waals surface area (Å²) in [5.41, 5.74) is -0.434. The van der Waals surface area contributed by atoms with E-state index in [1.807, 2.05) is 0 Å². The van der Waals surface area contributed by atoms with E-state index in [4.69, 9.17) is 0 Å². The fourth-order valence-corrected chi connectivity index (χ4v) is 1.18. The maximum absolute atomic E-state index is 13.2. The lowest BCUT2D eigenvalue weighted by molar-refractivity contribution is 0.0979. The lowest BCUT2D eigenvalue weighted by Crippen LogP contribution is -2.05. The van der Waals surface area contributed by atoms with Crippen LogP contribution in [0.1, 0.15) is 30.1 Å². The highest BCUT2D eigenvalue weighted by Gasteiger charge is 2.17. The van der Waals surface area contributed by atoms with Gasteiger partial charge in [0.05, 0.1) is 5.56 Å². The Morgan fingerprint density at radius 2 is 1.94 bits per heavy atom. The summed E-state index contributed by atoms with van der Waals surface area (Å²) < 4.78 is 38.5. The molecular weight excluding hydrogens is 217 g/mol. The molecule has 0 fully saturated rings. The molecule has 0 bridgehead atoms. The molecule has 0 aliphatic heterocycles. The second-order valence-electron chi connectivity index (χ2n) is 3.07. The van der Waals surface area contributed by atoms with Gasteiger partial charge in [0, 0.05) is 12.8 Å². The van der Waals surface area contributed by atoms with E-state index >= 15 is 0 Å². The van der Waals surface area contributed by atoms with Crippen molar-refractivity contribution in [3.63, 3.8) is 0 Å². The first-order valence-corrected chi connectivity index (χ1v) is 4.64. The Morgan fingerprint density at radius 3 is 2.56 bits per heavy atom. The molecule has 1 aromatic rings. The van der Waals surface area contributed by atoms with Gasteiger partial charge >= 0.3 is 0 Å². The third kappa shape index (κ3) is 2.63. The number of halogens is 3.